The van der Waals surface area contributed by atoms with Crippen LogP contribution in [0.25, 0.3) is 0 Å². The quantitative estimate of drug-likeness (QED) is 0.490. The first kappa shape index (κ1) is 7.77. The molecule has 4 rings (SSSR count). The summed E-state index contributed by atoms with van der Waals surface area (Å²) < 4.78 is 0.683. The summed E-state index contributed by atoms with van der Waals surface area (Å²) >= 11 is 2.52. The van der Waals surface area contributed by atoms with Gasteiger partial charge in [-0.2, -0.15) is 0 Å². The lowest BCUT2D eigenvalue weighted by molar-refractivity contribution is -0.138. The normalized spacial score (nSPS) is 56.4. The molecule has 5 atom stereocenters. The van der Waals surface area contributed by atoms with E-state index in [1.165, 1.54) is 25.7 Å². The average molecular weight is 276 g/mol. The minimum absolute atomic E-state index is 0.460. The molecule has 0 spiro atoms. The third-order valence-electron chi connectivity index (χ3n) is 4.03. The average Bonchev–Trinajstić information content (AvgIpc) is 2.07. The van der Waals surface area contributed by atoms with Gasteiger partial charge in [0.05, 0.1) is 0 Å². The van der Waals surface area contributed by atoms with Crippen molar-refractivity contribution < 1.29 is 4.79 Å². The summed E-state index contributed by atoms with van der Waals surface area (Å²) in [6, 6.07) is 0. The van der Waals surface area contributed by atoms with Crippen LogP contribution in [-0.2, 0) is 4.79 Å². The Labute approximate surface area is 86.4 Å². The van der Waals surface area contributed by atoms with Gasteiger partial charge in [-0.3, -0.25) is 4.79 Å². The second kappa shape index (κ2) is 2.46. The summed E-state index contributed by atoms with van der Waals surface area (Å²) in [4.78, 5) is 11.8. The minimum atomic E-state index is 0.460. The van der Waals surface area contributed by atoms with E-state index in [1.807, 2.05) is 0 Å². The molecule has 0 aromatic carbocycles. The maximum atomic E-state index is 11.8. The summed E-state index contributed by atoms with van der Waals surface area (Å²) in [6.07, 6.45) is 5.10. The first-order valence-electron chi connectivity index (χ1n) is 4.93. The van der Waals surface area contributed by atoms with Gasteiger partial charge in [-0.15, -0.1) is 0 Å². The van der Waals surface area contributed by atoms with Gasteiger partial charge in [-0.1, -0.05) is 22.6 Å². The first-order chi connectivity index (χ1) is 5.75. The molecule has 0 heterocycles. The number of carbonyl (C=O) groups is 1. The zero-order valence-electron chi connectivity index (χ0n) is 7.00. The van der Waals surface area contributed by atoms with E-state index in [0.29, 0.717) is 21.5 Å². The molecule has 4 aliphatic rings. The van der Waals surface area contributed by atoms with Gasteiger partial charge in [0.25, 0.3) is 0 Å². The zero-order valence-corrected chi connectivity index (χ0v) is 9.16. The predicted molar refractivity (Wildman–Crippen MR) is 55.2 cm³/mol. The molecule has 0 aromatic heterocycles. The number of hydrogen-bond acceptors (Lipinski definition) is 1. The molecule has 2 heteroatoms. The molecule has 4 fully saturated rings. The molecule has 0 aliphatic heterocycles. The van der Waals surface area contributed by atoms with Crippen LogP contribution < -0.4 is 0 Å². The van der Waals surface area contributed by atoms with Crippen molar-refractivity contribution in [3.05, 3.63) is 0 Å². The number of Topliss-reactive ketones (excluding diaryl/α,β-unsaturated/α-hetero) is 1. The van der Waals surface area contributed by atoms with Crippen molar-refractivity contribution in [1.82, 2.24) is 0 Å². The molecule has 4 aliphatic carbocycles. The maximum absolute atomic E-state index is 11.8. The van der Waals surface area contributed by atoms with E-state index in [-0.39, 0.29) is 0 Å². The summed E-state index contributed by atoms with van der Waals surface area (Å²) in [7, 11) is 0. The van der Waals surface area contributed by atoms with Crippen LogP contribution in [0.2, 0.25) is 0 Å². The lowest BCUT2D eigenvalue weighted by Gasteiger charge is -2.51. The number of hydrogen-bond donors (Lipinski definition) is 0. The van der Waals surface area contributed by atoms with E-state index in [0.717, 1.165) is 11.8 Å². The van der Waals surface area contributed by atoms with Gasteiger partial charge >= 0.3 is 0 Å². The van der Waals surface area contributed by atoms with Crippen LogP contribution in [0, 0.1) is 23.7 Å². The highest BCUT2D eigenvalue weighted by Gasteiger charge is 2.52. The van der Waals surface area contributed by atoms with Crippen LogP contribution >= 0.6 is 22.6 Å². The van der Waals surface area contributed by atoms with Gasteiger partial charge < -0.3 is 0 Å². The Hall–Kier alpha value is 0.400. The Bertz CT molecular complexity index is 238. The fraction of sp³-hybridized carbons (Fsp3) is 0.900. The summed E-state index contributed by atoms with van der Waals surface area (Å²) in [5, 5.41) is 0. The van der Waals surface area contributed by atoms with Crippen molar-refractivity contribution in [3.8, 4) is 0 Å². The highest BCUT2D eigenvalue weighted by atomic mass is 127. The molecule has 0 saturated heterocycles. The second-order valence-electron chi connectivity index (χ2n) is 4.72. The molecule has 4 saturated carbocycles. The van der Waals surface area contributed by atoms with Crippen LogP contribution in [0.1, 0.15) is 25.7 Å². The topological polar surface area (TPSA) is 17.1 Å². The minimum Gasteiger partial charge on any atom is -0.299 e. The largest absolute Gasteiger partial charge is 0.299 e. The number of carbonyl (C=O) groups excluding carboxylic acids is 1. The first-order valence-corrected chi connectivity index (χ1v) is 6.18. The van der Waals surface area contributed by atoms with Crippen molar-refractivity contribution in [2.75, 3.05) is 0 Å². The van der Waals surface area contributed by atoms with Crippen molar-refractivity contribution in [1.29, 1.82) is 0 Å². The Balaban J connectivity index is 1.98. The van der Waals surface area contributed by atoms with Crippen LogP contribution in [-0.4, -0.2) is 9.71 Å². The van der Waals surface area contributed by atoms with Crippen molar-refractivity contribution in [2.45, 2.75) is 29.6 Å². The van der Waals surface area contributed by atoms with Gasteiger partial charge in [-0.25, -0.2) is 0 Å². The molecular formula is C10H13IO. The Morgan fingerprint density at radius 1 is 1.17 bits per heavy atom. The standard InChI is InChI=1S/C10H13IO/c11-9-6-1-5-2-7(4-6)10(12)8(9)3-5/h5-9H,1-4H2. The molecule has 5 unspecified atom stereocenters. The van der Waals surface area contributed by atoms with E-state index < -0.39 is 0 Å². The van der Waals surface area contributed by atoms with Gasteiger partial charge in [0.1, 0.15) is 5.78 Å². The fourth-order valence-corrected chi connectivity index (χ4v) is 4.80. The Kier molecular flexibility index (Phi) is 1.59. The smallest absolute Gasteiger partial charge is 0.140 e. The second-order valence-corrected chi connectivity index (χ2v) is 6.16. The van der Waals surface area contributed by atoms with Gasteiger partial charge in [0, 0.05) is 15.8 Å². The number of alkyl halides is 1. The molecule has 0 radical (unpaired) electrons. The maximum Gasteiger partial charge on any atom is 0.140 e. The molecule has 66 valence electrons. The van der Waals surface area contributed by atoms with Gasteiger partial charge in [0.15, 0.2) is 0 Å². The van der Waals surface area contributed by atoms with Crippen molar-refractivity contribution in [3.63, 3.8) is 0 Å². The monoisotopic (exact) mass is 276 g/mol. The van der Waals surface area contributed by atoms with E-state index in [2.05, 4.69) is 22.6 Å². The Morgan fingerprint density at radius 2 is 2.00 bits per heavy atom. The lowest BCUT2D eigenvalue weighted by atomic mass is 9.56. The van der Waals surface area contributed by atoms with Crippen LogP contribution in [0.4, 0.5) is 0 Å². The molecule has 4 bridgehead atoms. The van der Waals surface area contributed by atoms with E-state index in [9.17, 15) is 4.79 Å². The Morgan fingerprint density at radius 3 is 2.83 bits per heavy atom. The van der Waals surface area contributed by atoms with Crippen LogP contribution in [0.3, 0.4) is 0 Å². The van der Waals surface area contributed by atoms with E-state index >= 15 is 0 Å². The summed E-state index contributed by atoms with van der Waals surface area (Å²) in [5.41, 5.74) is 0. The van der Waals surface area contributed by atoms with Crippen LogP contribution in [0.15, 0.2) is 0 Å². The molecule has 12 heavy (non-hydrogen) atoms. The SMILES string of the molecule is O=C1C2CC3CC(C2)C(I)C1C3. The molecular weight excluding hydrogens is 263 g/mol. The van der Waals surface area contributed by atoms with Crippen molar-refractivity contribution >= 4 is 28.4 Å². The van der Waals surface area contributed by atoms with E-state index in [1.54, 1.807) is 0 Å². The highest BCUT2D eigenvalue weighted by Crippen LogP contribution is 2.54. The number of rotatable bonds is 0. The summed E-state index contributed by atoms with van der Waals surface area (Å²) in [6.45, 7) is 0. The highest BCUT2D eigenvalue weighted by molar-refractivity contribution is 14.1. The van der Waals surface area contributed by atoms with Crippen molar-refractivity contribution in [2.24, 2.45) is 23.7 Å². The molecule has 0 N–H and O–H groups in total. The molecule has 0 amide bonds. The fourth-order valence-electron chi connectivity index (χ4n) is 3.56. The number of ketones is 1. The zero-order chi connectivity index (χ0) is 8.29. The lowest BCUT2D eigenvalue weighted by Crippen LogP contribution is -2.51. The third-order valence-corrected chi connectivity index (χ3v) is 5.92. The van der Waals surface area contributed by atoms with Gasteiger partial charge in [-0.05, 0) is 37.5 Å². The molecule has 1 nitrogen and oxygen atoms in total. The predicted octanol–water partition coefficient (Wildman–Crippen LogP) is 2.43. The van der Waals surface area contributed by atoms with E-state index in [4.69, 9.17) is 0 Å². The molecule has 0 aromatic rings. The number of halogens is 1. The van der Waals surface area contributed by atoms with Crippen LogP contribution in [0.5, 0.6) is 0 Å². The third kappa shape index (κ3) is 0.875. The summed E-state index contributed by atoms with van der Waals surface area (Å²) in [5.74, 6) is 3.37. The van der Waals surface area contributed by atoms with Gasteiger partial charge in [0.2, 0.25) is 0 Å².